The zero-order chi connectivity index (χ0) is 21.8. The Balaban J connectivity index is 2.01. The highest BCUT2D eigenvalue weighted by Crippen LogP contribution is 2.39. The predicted molar refractivity (Wildman–Crippen MR) is 109 cm³/mol. The molecule has 7 heteroatoms. The van der Waals surface area contributed by atoms with Crippen LogP contribution < -0.4 is 0 Å². The number of hydrogen-bond acceptors (Lipinski definition) is 5. The zero-order valence-electron chi connectivity index (χ0n) is 16.8. The lowest BCUT2D eigenvalue weighted by Crippen LogP contribution is -2.31. The summed E-state index contributed by atoms with van der Waals surface area (Å²) in [6.07, 6.45) is 0.558. The lowest BCUT2D eigenvalue weighted by atomic mass is 9.95. The number of carbonyl (C=O) groups excluding carboxylic acids is 2. The third kappa shape index (κ3) is 4.52. The minimum atomic E-state index is -0.824. The topological polar surface area (TPSA) is 87.1 Å². The van der Waals surface area contributed by atoms with E-state index in [2.05, 4.69) is 0 Å². The van der Waals surface area contributed by atoms with Crippen LogP contribution in [0.2, 0.25) is 0 Å². The van der Waals surface area contributed by atoms with Crippen LogP contribution in [0.3, 0.4) is 0 Å². The third-order valence-corrected chi connectivity index (χ3v) is 4.86. The average Bonchev–Trinajstić information content (AvgIpc) is 2.96. The molecule has 1 atom stereocenters. The van der Waals surface area contributed by atoms with Crippen LogP contribution in [0.1, 0.15) is 37.4 Å². The Morgan fingerprint density at radius 3 is 2.33 bits per heavy atom. The summed E-state index contributed by atoms with van der Waals surface area (Å²) in [5.74, 6) is -2.33. The number of ether oxygens (including phenoxy) is 1. The minimum absolute atomic E-state index is 0.0413. The van der Waals surface area contributed by atoms with Crippen LogP contribution in [-0.2, 0) is 14.3 Å². The van der Waals surface area contributed by atoms with E-state index in [9.17, 15) is 24.2 Å². The second-order valence-corrected chi connectivity index (χ2v) is 7.36. The molecule has 2 aromatic rings. The standard InChI is InChI=1S/C23H24FNO5/c1-14(2)30-13-3-12-25-20(15-6-10-18(26)11-7-15)19(22(28)23(25)29)21(27)16-4-8-17(24)9-5-16/h4-11,14,20,26-27H,3,12-13H2,1-2H3/b21-19-. The molecule has 1 unspecified atom stereocenters. The van der Waals surface area contributed by atoms with Crippen molar-refractivity contribution >= 4 is 17.4 Å². The van der Waals surface area contributed by atoms with E-state index in [0.29, 0.717) is 18.6 Å². The second kappa shape index (κ2) is 9.09. The molecule has 0 aliphatic carbocycles. The molecule has 1 aliphatic heterocycles. The van der Waals surface area contributed by atoms with Crippen molar-refractivity contribution in [3.63, 3.8) is 0 Å². The zero-order valence-corrected chi connectivity index (χ0v) is 16.8. The molecular weight excluding hydrogens is 389 g/mol. The first-order valence-electron chi connectivity index (χ1n) is 9.74. The molecule has 1 heterocycles. The van der Waals surface area contributed by atoms with Crippen LogP contribution >= 0.6 is 0 Å². The van der Waals surface area contributed by atoms with Crippen LogP contribution in [-0.4, -0.2) is 46.1 Å². The number of Topliss-reactive ketones (excluding diaryl/α,β-unsaturated/α-hetero) is 1. The molecule has 6 nitrogen and oxygen atoms in total. The molecule has 1 fully saturated rings. The van der Waals surface area contributed by atoms with E-state index in [0.717, 1.165) is 0 Å². The number of benzene rings is 2. The van der Waals surface area contributed by atoms with Gasteiger partial charge in [-0.3, -0.25) is 9.59 Å². The maximum Gasteiger partial charge on any atom is 0.295 e. The SMILES string of the molecule is CC(C)OCCCN1C(=O)C(=O)/C(=C(\O)c2ccc(F)cc2)C1c1ccc(O)cc1. The fourth-order valence-electron chi connectivity index (χ4n) is 3.43. The summed E-state index contributed by atoms with van der Waals surface area (Å²) in [5.41, 5.74) is 0.740. The number of likely N-dealkylation sites (tertiary alicyclic amines) is 1. The van der Waals surface area contributed by atoms with E-state index in [4.69, 9.17) is 4.74 Å². The van der Waals surface area contributed by atoms with Gasteiger partial charge in [0, 0.05) is 18.7 Å². The fraction of sp³-hybridized carbons (Fsp3) is 0.304. The van der Waals surface area contributed by atoms with Crippen LogP contribution in [0.4, 0.5) is 4.39 Å². The number of phenols is 1. The summed E-state index contributed by atoms with van der Waals surface area (Å²) in [7, 11) is 0. The second-order valence-electron chi connectivity index (χ2n) is 7.36. The van der Waals surface area contributed by atoms with Gasteiger partial charge in [-0.15, -0.1) is 0 Å². The van der Waals surface area contributed by atoms with Gasteiger partial charge in [0.1, 0.15) is 17.3 Å². The van der Waals surface area contributed by atoms with Crippen molar-refractivity contribution in [2.24, 2.45) is 0 Å². The first-order chi connectivity index (χ1) is 14.3. The van der Waals surface area contributed by atoms with Gasteiger partial charge in [-0.05, 0) is 62.2 Å². The molecule has 158 valence electrons. The van der Waals surface area contributed by atoms with Gasteiger partial charge in [-0.2, -0.15) is 0 Å². The van der Waals surface area contributed by atoms with Crippen LogP contribution in [0.25, 0.3) is 5.76 Å². The van der Waals surface area contributed by atoms with Gasteiger partial charge in [0.05, 0.1) is 17.7 Å². The molecule has 30 heavy (non-hydrogen) atoms. The molecule has 0 radical (unpaired) electrons. The molecule has 3 rings (SSSR count). The Bertz CT molecular complexity index is 951. The number of phenolic OH excluding ortho intramolecular Hbond substituents is 1. The number of nitrogens with zero attached hydrogens (tertiary/aromatic N) is 1. The summed E-state index contributed by atoms with van der Waals surface area (Å²) < 4.78 is 18.8. The molecular formula is C23H24FNO5. The van der Waals surface area contributed by atoms with Gasteiger partial charge in [-0.25, -0.2) is 4.39 Å². The number of aliphatic hydroxyl groups is 1. The first-order valence-corrected chi connectivity index (χ1v) is 9.74. The quantitative estimate of drug-likeness (QED) is 0.312. The fourth-order valence-corrected chi connectivity index (χ4v) is 3.43. The van der Waals surface area contributed by atoms with Crippen molar-refractivity contribution in [1.29, 1.82) is 0 Å². The van der Waals surface area contributed by atoms with Crippen molar-refractivity contribution in [3.8, 4) is 5.75 Å². The molecule has 1 saturated heterocycles. The predicted octanol–water partition coefficient (Wildman–Crippen LogP) is 3.77. The Labute approximate surface area is 174 Å². The maximum atomic E-state index is 13.3. The molecule has 2 N–H and O–H groups in total. The van der Waals surface area contributed by atoms with Gasteiger partial charge in [0.25, 0.3) is 11.7 Å². The summed E-state index contributed by atoms with van der Waals surface area (Å²) in [6.45, 7) is 4.49. The Kier molecular flexibility index (Phi) is 6.52. The Morgan fingerprint density at radius 1 is 1.10 bits per heavy atom. The van der Waals surface area contributed by atoms with Crippen LogP contribution in [0.15, 0.2) is 54.1 Å². The highest BCUT2D eigenvalue weighted by Gasteiger charge is 2.45. The van der Waals surface area contributed by atoms with E-state index in [1.165, 1.54) is 41.3 Å². The van der Waals surface area contributed by atoms with Crippen molar-refractivity contribution in [2.75, 3.05) is 13.2 Å². The number of aromatic hydroxyl groups is 1. The molecule has 2 aromatic carbocycles. The maximum absolute atomic E-state index is 13.3. The highest BCUT2D eigenvalue weighted by molar-refractivity contribution is 6.46. The lowest BCUT2D eigenvalue weighted by Gasteiger charge is -2.25. The van der Waals surface area contributed by atoms with Gasteiger partial charge in [-0.1, -0.05) is 12.1 Å². The first kappa shape index (κ1) is 21.5. The molecule has 0 aromatic heterocycles. The molecule has 1 aliphatic rings. The van der Waals surface area contributed by atoms with E-state index in [1.807, 2.05) is 13.8 Å². The van der Waals surface area contributed by atoms with E-state index in [-0.39, 0.29) is 35.3 Å². The van der Waals surface area contributed by atoms with Crippen LogP contribution in [0.5, 0.6) is 5.75 Å². The van der Waals surface area contributed by atoms with Crippen LogP contribution in [0, 0.1) is 5.82 Å². The number of hydrogen-bond donors (Lipinski definition) is 2. The molecule has 0 saturated carbocycles. The molecule has 0 spiro atoms. The number of rotatable bonds is 7. The Morgan fingerprint density at radius 2 is 1.73 bits per heavy atom. The largest absolute Gasteiger partial charge is 0.508 e. The van der Waals surface area contributed by atoms with E-state index < -0.39 is 23.5 Å². The van der Waals surface area contributed by atoms with Crippen molar-refractivity contribution in [3.05, 3.63) is 71.0 Å². The van der Waals surface area contributed by atoms with E-state index >= 15 is 0 Å². The monoisotopic (exact) mass is 413 g/mol. The number of ketones is 1. The molecule has 1 amide bonds. The summed E-state index contributed by atoms with van der Waals surface area (Å²) in [6, 6.07) is 10.3. The van der Waals surface area contributed by atoms with Gasteiger partial charge >= 0.3 is 0 Å². The van der Waals surface area contributed by atoms with Gasteiger partial charge in [0.2, 0.25) is 0 Å². The van der Waals surface area contributed by atoms with E-state index in [1.54, 1.807) is 12.1 Å². The summed E-state index contributed by atoms with van der Waals surface area (Å²) in [4.78, 5) is 27.0. The summed E-state index contributed by atoms with van der Waals surface area (Å²) in [5, 5.41) is 20.4. The third-order valence-electron chi connectivity index (χ3n) is 4.86. The van der Waals surface area contributed by atoms with Gasteiger partial charge < -0.3 is 19.8 Å². The number of carbonyl (C=O) groups is 2. The lowest BCUT2D eigenvalue weighted by molar-refractivity contribution is -0.140. The van der Waals surface area contributed by atoms with Crippen molar-refractivity contribution in [2.45, 2.75) is 32.4 Å². The summed E-state index contributed by atoms with van der Waals surface area (Å²) >= 11 is 0. The number of amides is 1. The minimum Gasteiger partial charge on any atom is -0.508 e. The van der Waals surface area contributed by atoms with Crippen molar-refractivity contribution in [1.82, 2.24) is 4.90 Å². The Hall–Kier alpha value is -3.19. The normalized spacial score (nSPS) is 18.4. The molecule has 0 bridgehead atoms. The van der Waals surface area contributed by atoms with Gasteiger partial charge in [0.15, 0.2) is 0 Å². The number of halogens is 1. The van der Waals surface area contributed by atoms with Crippen molar-refractivity contribution < 1.29 is 28.9 Å². The smallest absolute Gasteiger partial charge is 0.295 e. The average molecular weight is 413 g/mol. The number of aliphatic hydroxyl groups excluding tert-OH is 1. The highest BCUT2D eigenvalue weighted by atomic mass is 19.1.